The summed E-state index contributed by atoms with van der Waals surface area (Å²) < 4.78 is 5.46. The van der Waals surface area contributed by atoms with Crippen LogP contribution in [0.5, 0.6) is 0 Å². The molecule has 1 atom stereocenters. The van der Waals surface area contributed by atoms with Crippen LogP contribution in [-0.2, 0) is 11.3 Å². The second-order valence-corrected chi connectivity index (χ2v) is 6.59. The molecule has 6 heteroatoms. The van der Waals surface area contributed by atoms with Crippen molar-refractivity contribution in [3.8, 4) is 11.5 Å². The molecular formula is C17H20N4O2. The summed E-state index contributed by atoms with van der Waals surface area (Å²) in [6, 6.07) is 5.52. The van der Waals surface area contributed by atoms with Crippen molar-refractivity contribution in [2.24, 2.45) is 0 Å². The van der Waals surface area contributed by atoms with Gasteiger partial charge in [-0.25, -0.2) is 14.8 Å². The Bertz CT molecular complexity index is 725. The number of hydrogen-bond donors (Lipinski definition) is 0. The predicted octanol–water partition coefficient (Wildman–Crippen LogP) is 3.35. The van der Waals surface area contributed by atoms with Gasteiger partial charge in [-0.2, -0.15) is 0 Å². The SMILES string of the molecule is CC1c2cnc(-c3ccccn3)nc2CN1C(=O)OC(C)(C)C. The highest BCUT2D eigenvalue weighted by Gasteiger charge is 2.34. The van der Waals surface area contributed by atoms with Crippen molar-refractivity contribution in [3.63, 3.8) is 0 Å². The zero-order chi connectivity index (χ0) is 16.6. The maximum absolute atomic E-state index is 12.3. The number of nitrogens with zero attached hydrogens (tertiary/aromatic N) is 4. The van der Waals surface area contributed by atoms with Crippen molar-refractivity contribution < 1.29 is 9.53 Å². The molecule has 120 valence electrons. The van der Waals surface area contributed by atoms with E-state index in [1.165, 1.54) is 0 Å². The molecule has 0 saturated carbocycles. The molecule has 1 unspecified atom stereocenters. The summed E-state index contributed by atoms with van der Waals surface area (Å²) in [5.74, 6) is 0.572. The lowest BCUT2D eigenvalue weighted by atomic mass is 10.1. The number of pyridine rings is 1. The Labute approximate surface area is 135 Å². The van der Waals surface area contributed by atoms with E-state index in [0.29, 0.717) is 12.4 Å². The molecule has 0 aliphatic carbocycles. The van der Waals surface area contributed by atoms with Crippen molar-refractivity contribution in [3.05, 3.63) is 41.9 Å². The van der Waals surface area contributed by atoms with Crippen molar-refractivity contribution in [2.45, 2.75) is 45.9 Å². The lowest BCUT2D eigenvalue weighted by Gasteiger charge is -2.26. The van der Waals surface area contributed by atoms with Crippen LogP contribution in [0, 0.1) is 0 Å². The molecule has 0 aromatic carbocycles. The van der Waals surface area contributed by atoms with Crippen LogP contribution in [0.25, 0.3) is 11.5 Å². The normalized spacial score (nSPS) is 17.0. The summed E-state index contributed by atoms with van der Waals surface area (Å²) in [5.41, 5.74) is 2.00. The van der Waals surface area contributed by atoms with E-state index in [4.69, 9.17) is 4.74 Å². The van der Waals surface area contributed by atoms with Gasteiger partial charge in [-0.3, -0.25) is 9.88 Å². The molecule has 1 aliphatic heterocycles. The quantitative estimate of drug-likeness (QED) is 0.807. The molecule has 0 radical (unpaired) electrons. The minimum atomic E-state index is -0.517. The second-order valence-electron chi connectivity index (χ2n) is 6.59. The largest absolute Gasteiger partial charge is 0.444 e. The first-order valence-electron chi connectivity index (χ1n) is 7.62. The molecule has 0 fully saturated rings. The third-order valence-electron chi connectivity index (χ3n) is 3.66. The number of rotatable bonds is 1. The first-order chi connectivity index (χ1) is 10.8. The number of fused-ring (bicyclic) bond motifs is 1. The molecule has 6 nitrogen and oxygen atoms in total. The Morgan fingerprint density at radius 3 is 2.74 bits per heavy atom. The molecule has 0 bridgehead atoms. The Morgan fingerprint density at radius 2 is 2.09 bits per heavy atom. The summed E-state index contributed by atoms with van der Waals surface area (Å²) >= 11 is 0. The molecule has 0 N–H and O–H groups in total. The molecule has 0 spiro atoms. The van der Waals surface area contributed by atoms with Gasteiger partial charge in [0.25, 0.3) is 0 Å². The molecular weight excluding hydrogens is 292 g/mol. The van der Waals surface area contributed by atoms with Crippen LogP contribution in [-0.4, -0.2) is 31.5 Å². The van der Waals surface area contributed by atoms with Crippen LogP contribution in [0.4, 0.5) is 4.79 Å². The Morgan fingerprint density at radius 1 is 1.30 bits per heavy atom. The van der Waals surface area contributed by atoms with E-state index in [-0.39, 0.29) is 12.1 Å². The van der Waals surface area contributed by atoms with Crippen LogP contribution < -0.4 is 0 Å². The minimum absolute atomic E-state index is 0.0994. The summed E-state index contributed by atoms with van der Waals surface area (Å²) in [4.78, 5) is 27.2. The first kappa shape index (κ1) is 15.4. The number of carbonyl (C=O) groups is 1. The summed E-state index contributed by atoms with van der Waals surface area (Å²) in [6.07, 6.45) is 3.16. The van der Waals surface area contributed by atoms with Crippen LogP contribution in [0.1, 0.15) is 45.0 Å². The van der Waals surface area contributed by atoms with Gasteiger partial charge in [0, 0.05) is 18.0 Å². The molecule has 2 aromatic rings. The van der Waals surface area contributed by atoms with Crippen LogP contribution in [0.2, 0.25) is 0 Å². The van der Waals surface area contributed by atoms with Crippen LogP contribution >= 0.6 is 0 Å². The van der Waals surface area contributed by atoms with Crippen molar-refractivity contribution in [1.82, 2.24) is 19.9 Å². The molecule has 1 aliphatic rings. The van der Waals surface area contributed by atoms with Gasteiger partial charge < -0.3 is 4.74 Å². The maximum atomic E-state index is 12.3. The van der Waals surface area contributed by atoms with E-state index >= 15 is 0 Å². The van der Waals surface area contributed by atoms with E-state index in [1.807, 2.05) is 45.9 Å². The van der Waals surface area contributed by atoms with Crippen LogP contribution in [0.3, 0.4) is 0 Å². The van der Waals surface area contributed by atoms with E-state index in [9.17, 15) is 4.79 Å². The fourth-order valence-corrected chi connectivity index (χ4v) is 2.53. The number of amides is 1. The van der Waals surface area contributed by atoms with E-state index in [1.54, 1.807) is 17.3 Å². The number of aromatic nitrogens is 3. The van der Waals surface area contributed by atoms with Crippen molar-refractivity contribution in [1.29, 1.82) is 0 Å². The van der Waals surface area contributed by atoms with Gasteiger partial charge in [0.15, 0.2) is 5.82 Å². The molecule has 23 heavy (non-hydrogen) atoms. The highest BCUT2D eigenvalue weighted by Crippen LogP contribution is 2.33. The van der Waals surface area contributed by atoms with E-state index in [2.05, 4.69) is 15.0 Å². The van der Waals surface area contributed by atoms with Gasteiger partial charge >= 0.3 is 6.09 Å². The molecule has 0 saturated heterocycles. The fourth-order valence-electron chi connectivity index (χ4n) is 2.53. The van der Waals surface area contributed by atoms with Gasteiger partial charge in [0.1, 0.15) is 11.3 Å². The Hall–Kier alpha value is -2.50. The summed E-state index contributed by atoms with van der Waals surface area (Å²) in [6.45, 7) is 7.96. The van der Waals surface area contributed by atoms with Crippen molar-refractivity contribution in [2.75, 3.05) is 0 Å². The average Bonchev–Trinajstić information content (AvgIpc) is 2.83. The van der Waals surface area contributed by atoms with Crippen molar-refractivity contribution >= 4 is 6.09 Å². The average molecular weight is 312 g/mol. The van der Waals surface area contributed by atoms with E-state index in [0.717, 1.165) is 17.0 Å². The highest BCUT2D eigenvalue weighted by atomic mass is 16.6. The van der Waals surface area contributed by atoms with Gasteiger partial charge in [-0.15, -0.1) is 0 Å². The fraction of sp³-hybridized carbons (Fsp3) is 0.412. The van der Waals surface area contributed by atoms with Crippen LogP contribution in [0.15, 0.2) is 30.6 Å². The highest BCUT2D eigenvalue weighted by molar-refractivity contribution is 5.70. The van der Waals surface area contributed by atoms with E-state index < -0.39 is 5.60 Å². The van der Waals surface area contributed by atoms with Gasteiger partial charge in [-0.05, 0) is 39.8 Å². The molecule has 3 heterocycles. The summed E-state index contributed by atoms with van der Waals surface area (Å²) in [5, 5.41) is 0. The Balaban J connectivity index is 1.85. The third kappa shape index (κ3) is 3.16. The number of carbonyl (C=O) groups excluding carboxylic acids is 1. The van der Waals surface area contributed by atoms with Gasteiger partial charge in [0.2, 0.25) is 0 Å². The maximum Gasteiger partial charge on any atom is 0.411 e. The zero-order valence-electron chi connectivity index (χ0n) is 13.8. The third-order valence-corrected chi connectivity index (χ3v) is 3.66. The minimum Gasteiger partial charge on any atom is -0.444 e. The van der Waals surface area contributed by atoms with Gasteiger partial charge in [-0.1, -0.05) is 6.07 Å². The standard InChI is InChI=1S/C17H20N4O2/c1-11-12-9-19-15(13-7-5-6-8-18-13)20-14(12)10-21(11)16(22)23-17(2,3)4/h5-9,11H,10H2,1-4H3. The number of ether oxygens (including phenoxy) is 1. The smallest absolute Gasteiger partial charge is 0.411 e. The molecule has 1 amide bonds. The first-order valence-corrected chi connectivity index (χ1v) is 7.62. The molecule has 3 rings (SSSR count). The van der Waals surface area contributed by atoms with Gasteiger partial charge in [0.05, 0.1) is 18.3 Å². The topological polar surface area (TPSA) is 68.2 Å². The second kappa shape index (κ2) is 5.61. The Kier molecular flexibility index (Phi) is 3.75. The number of hydrogen-bond acceptors (Lipinski definition) is 5. The monoisotopic (exact) mass is 312 g/mol. The summed E-state index contributed by atoms with van der Waals surface area (Å²) in [7, 11) is 0. The zero-order valence-corrected chi connectivity index (χ0v) is 13.8. The predicted molar refractivity (Wildman–Crippen MR) is 85.5 cm³/mol. The lowest BCUT2D eigenvalue weighted by Crippen LogP contribution is -2.35. The lowest BCUT2D eigenvalue weighted by molar-refractivity contribution is 0.0186. The molecule has 2 aromatic heterocycles.